The molecular weight excluding hydrogens is 452 g/mol. The smallest absolute Gasteiger partial charge is 0.251 e. The molecule has 1 fully saturated rings. The van der Waals surface area contributed by atoms with E-state index in [4.69, 9.17) is 9.97 Å². The van der Waals surface area contributed by atoms with Gasteiger partial charge in [0.1, 0.15) is 5.82 Å². The van der Waals surface area contributed by atoms with E-state index >= 15 is 0 Å². The van der Waals surface area contributed by atoms with Crippen molar-refractivity contribution in [1.82, 2.24) is 30.0 Å². The number of fused-ring (bicyclic) bond motifs is 1. The highest BCUT2D eigenvalue weighted by Gasteiger charge is 2.21. The molecule has 9 nitrogen and oxygen atoms in total. The maximum absolute atomic E-state index is 12.2. The fraction of sp³-hybridized carbons (Fsp3) is 0.333. The molecule has 36 heavy (non-hydrogen) atoms. The number of hydrogen-bond donors (Lipinski definition) is 3. The Balaban J connectivity index is 1.50. The zero-order valence-corrected chi connectivity index (χ0v) is 21.0. The van der Waals surface area contributed by atoms with Crippen LogP contribution < -0.4 is 16.0 Å². The van der Waals surface area contributed by atoms with Crippen LogP contribution >= 0.6 is 0 Å². The summed E-state index contributed by atoms with van der Waals surface area (Å²) < 4.78 is 1.83. The number of rotatable bonds is 8. The quantitative estimate of drug-likeness (QED) is 0.346. The van der Waals surface area contributed by atoms with E-state index in [2.05, 4.69) is 33.0 Å². The number of aryl methyl sites for hydroxylation is 1. The van der Waals surface area contributed by atoms with E-state index in [0.717, 1.165) is 41.8 Å². The van der Waals surface area contributed by atoms with Crippen molar-refractivity contribution in [2.24, 2.45) is 0 Å². The van der Waals surface area contributed by atoms with Crippen molar-refractivity contribution in [3.63, 3.8) is 0 Å². The van der Waals surface area contributed by atoms with E-state index in [1.54, 1.807) is 13.2 Å². The summed E-state index contributed by atoms with van der Waals surface area (Å²) in [6.45, 7) is 3.94. The fourth-order valence-electron chi connectivity index (χ4n) is 4.70. The molecule has 186 valence electrons. The molecule has 3 N–H and O–H groups in total. The number of nitrogens with one attached hydrogen (secondary N) is 3. The van der Waals surface area contributed by atoms with Crippen LogP contribution in [0.15, 0.2) is 54.7 Å². The molecule has 0 saturated carbocycles. The first-order valence-corrected chi connectivity index (χ1v) is 12.4. The van der Waals surface area contributed by atoms with Crippen molar-refractivity contribution in [2.45, 2.75) is 32.2 Å². The molecule has 1 saturated heterocycles. The van der Waals surface area contributed by atoms with E-state index < -0.39 is 0 Å². The van der Waals surface area contributed by atoms with E-state index in [-0.39, 0.29) is 5.91 Å². The summed E-state index contributed by atoms with van der Waals surface area (Å²) in [7, 11) is 3.82. The summed E-state index contributed by atoms with van der Waals surface area (Å²) in [4.78, 5) is 24.3. The van der Waals surface area contributed by atoms with Crippen molar-refractivity contribution in [2.75, 3.05) is 37.8 Å². The Labute approximate surface area is 210 Å². The molecular formula is C27H32N8O. The molecule has 1 aliphatic heterocycles. The monoisotopic (exact) mass is 484 g/mol. The minimum atomic E-state index is -0.137. The van der Waals surface area contributed by atoms with Crippen molar-refractivity contribution in [3.8, 4) is 5.69 Å². The van der Waals surface area contributed by atoms with Crippen LogP contribution in [0.2, 0.25) is 0 Å². The Hall–Kier alpha value is -3.98. The van der Waals surface area contributed by atoms with Crippen molar-refractivity contribution >= 4 is 34.4 Å². The molecule has 2 aromatic carbocycles. The lowest BCUT2D eigenvalue weighted by atomic mass is 10.1. The highest BCUT2D eigenvalue weighted by atomic mass is 16.1. The van der Waals surface area contributed by atoms with Gasteiger partial charge in [0.15, 0.2) is 5.65 Å². The highest BCUT2D eigenvalue weighted by Crippen LogP contribution is 2.29. The number of likely N-dealkylation sites (tertiary alicyclic amines) is 1. The summed E-state index contributed by atoms with van der Waals surface area (Å²) in [5.74, 6) is 1.05. The predicted octanol–water partition coefficient (Wildman–Crippen LogP) is 4.12. The van der Waals surface area contributed by atoms with E-state index in [1.807, 2.05) is 60.1 Å². The number of aromatic nitrogens is 4. The van der Waals surface area contributed by atoms with Crippen LogP contribution in [0, 0.1) is 6.92 Å². The van der Waals surface area contributed by atoms with E-state index in [9.17, 15) is 4.79 Å². The lowest BCUT2D eigenvalue weighted by molar-refractivity contribution is 0.0963. The number of carbonyl (C=O) groups excluding carboxylic acids is 1. The number of anilines is 3. The Morgan fingerprint density at radius 1 is 1.14 bits per heavy atom. The van der Waals surface area contributed by atoms with Crippen LogP contribution in [0.3, 0.4) is 0 Å². The van der Waals surface area contributed by atoms with Crippen LogP contribution in [0.5, 0.6) is 0 Å². The van der Waals surface area contributed by atoms with Gasteiger partial charge in [-0.25, -0.2) is 4.68 Å². The second-order valence-corrected chi connectivity index (χ2v) is 9.25. The normalized spacial score (nSPS) is 15.8. The second kappa shape index (κ2) is 10.3. The van der Waals surface area contributed by atoms with Gasteiger partial charge in [-0.1, -0.05) is 24.3 Å². The van der Waals surface area contributed by atoms with Gasteiger partial charge in [0.2, 0.25) is 5.95 Å². The number of para-hydroxylation sites is 1. The Kier molecular flexibility index (Phi) is 6.81. The molecule has 9 heteroatoms. The standard InChI is InChI=1S/C27H32N8O/c1-18-11-12-19(26(36)28-2)16-23(18)31-24-22-17-30-35(21-8-5-4-6-9-21)25(22)33-27(32-24)29-14-13-20-10-7-15-34(20)3/h4-6,8-9,11-12,16-17,20H,7,10,13-15H2,1-3H3,(H,28,36)(H2,29,31,32,33). The van der Waals surface area contributed by atoms with Crippen LogP contribution in [0.1, 0.15) is 35.2 Å². The second-order valence-electron chi connectivity index (χ2n) is 9.25. The van der Waals surface area contributed by atoms with Crippen LogP contribution in [-0.4, -0.2) is 63.8 Å². The molecule has 0 radical (unpaired) electrons. The predicted molar refractivity (Wildman–Crippen MR) is 143 cm³/mol. The average Bonchev–Trinajstić information content (AvgIpc) is 3.51. The maximum Gasteiger partial charge on any atom is 0.251 e. The van der Waals surface area contributed by atoms with Crippen molar-refractivity contribution in [1.29, 1.82) is 0 Å². The summed E-state index contributed by atoms with van der Waals surface area (Å²) in [5, 5.41) is 15.0. The summed E-state index contributed by atoms with van der Waals surface area (Å²) >= 11 is 0. The molecule has 3 heterocycles. The summed E-state index contributed by atoms with van der Waals surface area (Å²) in [6, 6.07) is 16.1. The molecule has 5 rings (SSSR count). The van der Waals surface area contributed by atoms with Crippen molar-refractivity contribution in [3.05, 3.63) is 65.9 Å². The molecule has 0 aliphatic carbocycles. The van der Waals surface area contributed by atoms with Crippen LogP contribution in [-0.2, 0) is 0 Å². The first-order chi connectivity index (χ1) is 17.5. The third-order valence-corrected chi connectivity index (χ3v) is 6.84. The van der Waals surface area contributed by atoms with Gasteiger partial charge in [-0.3, -0.25) is 4.79 Å². The molecule has 1 aliphatic rings. The Bertz CT molecular complexity index is 1370. The zero-order chi connectivity index (χ0) is 25.1. The molecule has 0 spiro atoms. The minimum Gasteiger partial charge on any atom is -0.355 e. The minimum absolute atomic E-state index is 0.137. The molecule has 0 bridgehead atoms. The topological polar surface area (TPSA) is 100 Å². The Morgan fingerprint density at radius 3 is 2.72 bits per heavy atom. The first-order valence-electron chi connectivity index (χ1n) is 12.4. The van der Waals surface area contributed by atoms with E-state index in [1.165, 1.54) is 12.8 Å². The maximum atomic E-state index is 12.2. The third kappa shape index (κ3) is 4.87. The molecule has 1 atom stereocenters. The number of amides is 1. The van der Waals surface area contributed by atoms with E-state index in [0.29, 0.717) is 29.0 Å². The summed E-state index contributed by atoms with van der Waals surface area (Å²) in [5.41, 5.74) is 4.02. The van der Waals surface area contributed by atoms with Crippen LogP contribution in [0.25, 0.3) is 16.7 Å². The number of benzene rings is 2. The highest BCUT2D eigenvalue weighted by molar-refractivity contribution is 5.96. The lowest BCUT2D eigenvalue weighted by Crippen LogP contribution is -2.27. The number of carbonyl (C=O) groups is 1. The van der Waals surface area contributed by atoms with Gasteiger partial charge in [-0.2, -0.15) is 15.1 Å². The van der Waals surface area contributed by atoms with Gasteiger partial charge in [0.05, 0.1) is 17.3 Å². The molecule has 2 aromatic heterocycles. The largest absolute Gasteiger partial charge is 0.355 e. The van der Waals surface area contributed by atoms with Gasteiger partial charge < -0.3 is 20.9 Å². The third-order valence-electron chi connectivity index (χ3n) is 6.84. The molecule has 1 amide bonds. The SMILES string of the molecule is CNC(=O)c1ccc(C)c(Nc2nc(NCCC3CCCN3C)nc3c2cnn3-c2ccccc2)c1. The Morgan fingerprint density at radius 2 is 1.97 bits per heavy atom. The summed E-state index contributed by atoms with van der Waals surface area (Å²) in [6.07, 6.45) is 5.29. The fourth-order valence-corrected chi connectivity index (χ4v) is 4.70. The lowest BCUT2D eigenvalue weighted by Gasteiger charge is -2.19. The van der Waals surface area contributed by atoms with Crippen LogP contribution in [0.4, 0.5) is 17.5 Å². The van der Waals surface area contributed by atoms with Gasteiger partial charge in [-0.05, 0) is 69.6 Å². The van der Waals surface area contributed by atoms with Gasteiger partial charge in [0, 0.05) is 30.9 Å². The van der Waals surface area contributed by atoms with Gasteiger partial charge >= 0.3 is 0 Å². The zero-order valence-electron chi connectivity index (χ0n) is 21.0. The number of nitrogens with zero attached hydrogens (tertiary/aromatic N) is 5. The van der Waals surface area contributed by atoms with Crippen molar-refractivity contribution < 1.29 is 4.79 Å². The average molecular weight is 485 g/mol. The molecule has 4 aromatic rings. The molecule has 1 unspecified atom stereocenters. The van der Waals surface area contributed by atoms with Gasteiger partial charge in [0.25, 0.3) is 5.91 Å². The number of hydrogen-bond acceptors (Lipinski definition) is 7. The first kappa shape index (κ1) is 23.7. The van der Waals surface area contributed by atoms with Gasteiger partial charge in [-0.15, -0.1) is 0 Å².